The average molecular weight is 634 g/mol. The number of halogens is 5. The summed E-state index contributed by atoms with van der Waals surface area (Å²) in [7, 11) is 0. The zero-order valence-corrected chi connectivity index (χ0v) is 21.8. The van der Waals surface area contributed by atoms with Crippen molar-refractivity contribution in [2.75, 3.05) is 24.5 Å². The number of aromatic nitrogens is 2. The molecule has 7 nitrogen and oxygen atoms in total. The normalized spacial score (nSPS) is 18.4. The summed E-state index contributed by atoms with van der Waals surface area (Å²) in [6.45, 7) is 8.06. The highest BCUT2D eigenvalue weighted by Crippen LogP contribution is 2.36. The third-order valence-corrected chi connectivity index (χ3v) is 6.91. The van der Waals surface area contributed by atoms with Crippen molar-refractivity contribution < 1.29 is 21.4 Å². The van der Waals surface area contributed by atoms with Crippen molar-refractivity contribution >= 4 is 73.4 Å². The molecule has 1 aliphatic rings. The van der Waals surface area contributed by atoms with Gasteiger partial charge in [-0.2, -0.15) is 14.4 Å². The average Bonchev–Trinajstić information content (AvgIpc) is 2.70. The monoisotopic (exact) mass is 632 g/mol. The molecule has 31 heavy (non-hydrogen) atoms. The van der Waals surface area contributed by atoms with Gasteiger partial charge in [0.15, 0.2) is 5.82 Å². The number of rotatable bonds is 3. The van der Waals surface area contributed by atoms with Gasteiger partial charge in [-0.25, -0.2) is 9.18 Å². The summed E-state index contributed by atoms with van der Waals surface area (Å²) in [6.07, 6.45) is -1.88. The first-order chi connectivity index (χ1) is 14.4. The smallest absolute Gasteiger partial charge is 0.410 e. The van der Waals surface area contributed by atoms with Gasteiger partial charge in [-0.1, -0.05) is 11.6 Å². The standard InChI is InChI=1S/C19H21BrClF2IN4O3/c1-9(31-24)12-8-27(18(29)30-19(2,3)4)5-6-28(12)16-10-7-11(21)13(20)14(22)15(10)25-17(23)26-16/h7,9,12H,5-6,8H2,1-4H3/t9?,12-/m1/s1. The first-order valence-electron chi connectivity index (χ1n) is 9.45. The molecule has 0 saturated carbocycles. The number of fused-ring (bicyclic) bond motifs is 1. The number of carbonyl (C=O) groups is 1. The number of nitrogens with zero attached hydrogens (tertiary/aromatic N) is 4. The molecule has 1 amide bonds. The van der Waals surface area contributed by atoms with Crippen LogP contribution in [0.4, 0.5) is 19.4 Å². The predicted molar refractivity (Wildman–Crippen MR) is 126 cm³/mol. The lowest BCUT2D eigenvalue weighted by Crippen LogP contribution is -2.59. The van der Waals surface area contributed by atoms with Crippen molar-refractivity contribution in [3.05, 3.63) is 27.5 Å². The molecule has 0 radical (unpaired) electrons. The molecule has 0 spiro atoms. The largest absolute Gasteiger partial charge is 0.444 e. The molecule has 1 aliphatic heterocycles. The molecule has 1 aromatic carbocycles. The van der Waals surface area contributed by atoms with Crippen molar-refractivity contribution in [1.29, 1.82) is 0 Å². The second kappa shape index (κ2) is 9.44. The molecule has 1 fully saturated rings. The van der Waals surface area contributed by atoms with Crippen LogP contribution in [0.25, 0.3) is 10.9 Å². The van der Waals surface area contributed by atoms with E-state index in [-0.39, 0.29) is 38.9 Å². The van der Waals surface area contributed by atoms with Crippen LogP contribution in [-0.2, 0) is 7.80 Å². The summed E-state index contributed by atoms with van der Waals surface area (Å²) in [4.78, 5) is 23.5. The van der Waals surface area contributed by atoms with Gasteiger partial charge >= 0.3 is 12.2 Å². The second-order valence-electron chi connectivity index (χ2n) is 8.18. The van der Waals surface area contributed by atoms with Gasteiger partial charge in [0, 0.05) is 25.0 Å². The summed E-state index contributed by atoms with van der Waals surface area (Å²) in [5, 5.41) is 0.382. The zero-order valence-electron chi connectivity index (χ0n) is 17.3. The minimum atomic E-state index is -1.06. The molecule has 1 aromatic heterocycles. The van der Waals surface area contributed by atoms with E-state index in [4.69, 9.17) is 19.4 Å². The van der Waals surface area contributed by atoms with Gasteiger partial charge in [0.25, 0.3) is 0 Å². The lowest BCUT2D eigenvalue weighted by Gasteiger charge is -2.44. The van der Waals surface area contributed by atoms with Gasteiger partial charge in [0.05, 0.1) is 21.6 Å². The maximum Gasteiger partial charge on any atom is 0.410 e. The molecule has 170 valence electrons. The Labute approximate surface area is 206 Å². The van der Waals surface area contributed by atoms with E-state index >= 15 is 0 Å². The van der Waals surface area contributed by atoms with Crippen LogP contribution >= 0.6 is 50.5 Å². The summed E-state index contributed by atoms with van der Waals surface area (Å²) in [5.41, 5.74) is -0.821. The van der Waals surface area contributed by atoms with Crippen LogP contribution in [0.1, 0.15) is 27.7 Å². The maximum atomic E-state index is 14.7. The first-order valence-corrected chi connectivity index (χ1v) is 11.5. The number of hydrogen-bond acceptors (Lipinski definition) is 6. The fourth-order valence-electron chi connectivity index (χ4n) is 3.38. The Kier molecular flexibility index (Phi) is 7.49. The molecule has 1 unspecified atom stereocenters. The molecular formula is C19H21BrClF2IN4O3. The number of hydrogen-bond donors (Lipinski definition) is 0. The number of amides is 1. The Hall–Kier alpha value is -1.05. The van der Waals surface area contributed by atoms with E-state index in [0.717, 1.165) is 0 Å². The van der Waals surface area contributed by atoms with Gasteiger partial charge in [-0.3, -0.25) is 0 Å². The Balaban J connectivity index is 2.04. The van der Waals surface area contributed by atoms with Gasteiger partial charge in [-0.05, 0) is 49.7 Å². The molecule has 2 atom stereocenters. The highest BCUT2D eigenvalue weighted by atomic mass is 127. The number of piperazine rings is 1. The van der Waals surface area contributed by atoms with E-state index in [0.29, 0.717) is 13.1 Å². The molecule has 3 rings (SSSR count). The molecule has 12 heteroatoms. The van der Waals surface area contributed by atoms with Crippen LogP contribution < -0.4 is 4.90 Å². The van der Waals surface area contributed by atoms with Gasteiger partial charge < -0.3 is 17.6 Å². The second-order valence-corrected chi connectivity index (χ2v) is 9.89. The van der Waals surface area contributed by atoms with E-state index in [1.54, 1.807) is 53.6 Å². The molecule has 0 bridgehead atoms. The van der Waals surface area contributed by atoms with Crippen molar-refractivity contribution in [2.45, 2.75) is 45.4 Å². The third kappa shape index (κ3) is 5.31. The zero-order chi connectivity index (χ0) is 23.1. The summed E-state index contributed by atoms with van der Waals surface area (Å²) in [6, 6.07) is 1.09. The van der Waals surface area contributed by atoms with Crippen LogP contribution in [0, 0.1) is 11.9 Å². The van der Waals surface area contributed by atoms with Crippen LogP contribution in [0.3, 0.4) is 0 Å². The lowest BCUT2D eigenvalue weighted by molar-refractivity contribution is 0.0186. The number of benzene rings is 1. The van der Waals surface area contributed by atoms with E-state index in [2.05, 4.69) is 25.9 Å². The van der Waals surface area contributed by atoms with Crippen LogP contribution in [-0.4, -0.2) is 58.3 Å². The van der Waals surface area contributed by atoms with Gasteiger partial charge in [-0.15, -0.1) is 0 Å². The van der Waals surface area contributed by atoms with E-state index in [1.807, 2.05) is 6.92 Å². The Bertz CT molecular complexity index is 1010. The maximum absolute atomic E-state index is 14.7. The van der Waals surface area contributed by atoms with Crippen molar-refractivity contribution in [1.82, 2.24) is 14.9 Å². The predicted octanol–water partition coefficient (Wildman–Crippen LogP) is 5.50. The molecule has 0 N–H and O–H groups in total. The minimum absolute atomic E-state index is 0.000903. The highest BCUT2D eigenvalue weighted by molar-refractivity contribution is 14.1. The van der Waals surface area contributed by atoms with Crippen LogP contribution in [0.2, 0.25) is 5.02 Å². The molecule has 1 saturated heterocycles. The van der Waals surface area contributed by atoms with Crippen molar-refractivity contribution in [3.63, 3.8) is 0 Å². The minimum Gasteiger partial charge on any atom is -0.444 e. The quantitative estimate of drug-likeness (QED) is 0.253. The van der Waals surface area contributed by atoms with Crippen molar-refractivity contribution in [2.24, 2.45) is 0 Å². The lowest BCUT2D eigenvalue weighted by atomic mass is 10.1. The third-order valence-electron chi connectivity index (χ3n) is 4.80. The Morgan fingerprint density at radius 3 is 2.65 bits per heavy atom. The van der Waals surface area contributed by atoms with Crippen LogP contribution in [0.5, 0.6) is 0 Å². The Morgan fingerprint density at radius 1 is 1.35 bits per heavy atom. The van der Waals surface area contributed by atoms with E-state index < -0.39 is 29.6 Å². The van der Waals surface area contributed by atoms with Crippen LogP contribution in [0.15, 0.2) is 10.5 Å². The summed E-state index contributed by atoms with van der Waals surface area (Å²) >= 11 is 11.0. The molecule has 2 heterocycles. The fraction of sp³-hybridized carbons (Fsp3) is 0.526. The van der Waals surface area contributed by atoms with Gasteiger partial charge in [0.1, 0.15) is 39.9 Å². The Morgan fingerprint density at radius 2 is 2.03 bits per heavy atom. The topological polar surface area (TPSA) is 67.8 Å². The first kappa shape index (κ1) is 24.6. The number of ether oxygens (including phenoxy) is 1. The highest BCUT2D eigenvalue weighted by Gasteiger charge is 2.37. The number of anilines is 1. The SMILES string of the molecule is CC(OI)[C@H]1CN(C(=O)OC(C)(C)C)CCN1c1nc(F)nc2c(F)c(Br)c(Cl)cc12. The fourth-order valence-corrected chi connectivity index (χ4v) is 4.21. The molecule has 2 aromatic rings. The molecule has 0 aliphatic carbocycles. The summed E-state index contributed by atoms with van der Waals surface area (Å²) in [5.74, 6) is -0.586. The molecular weight excluding hydrogens is 612 g/mol. The summed E-state index contributed by atoms with van der Waals surface area (Å²) < 4.78 is 40.0. The van der Waals surface area contributed by atoms with E-state index in [1.165, 1.54) is 6.07 Å². The van der Waals surface area contributed by atoms with E-state index in [9.17, 15) is 13.6 Å². The van der Waals surface area contributed by atoms with Gasteiger partial charge in [0.2, 0.25) is 0 Å². The number of carbonyl (C=O) groups excluding carboxylic acids is 1. The van der Waals surface area contributed by atoms with Crippen molar-refractivity contribution in [3.8, 4) is 0 Å².